The molecule has 0 aliphatic heterocycles. The Kier molecular flexibility index (Phi) is 3.40. The summed E-state index contributed by atoms with van der Waals surface area (Å²) in [5.74, 6) is 0.371. The average molecular weight is 232 g/mol. The molecule has 2 nitrogen and oxygen atoms in total. The van der Waals surface area contributed by atoms with Crippen LogP contribution in [-0.2, 0) is 0 Å². The number of hydrogen-bond donors (Lipinski definition) is 1. The van der Waals surface area contributed by atoms with Gasteiger partial charge in [-0.3, -0.25) is 0 Å². The third kappa shape index (κ3) is 2.63. The van der Waals surface area contributed by atoms with Gasteiger partial charge in [-0.1, -0.05) is 24.3 Å². The summed E-state index contributed by atoms with van der Waals surface area (Å²) in [5.41, 5.74) is 1.37. The first kappa shape index (κ1) is 11.6. The Labute approximate surface area is 99.3 Å². The third-order valence-corrected chi connectivity index (χ3v) is 2.60. The molecule has 17 heavy (non-hydrogen) atoms. The first-order chi connectivity index (χ1) is 8.20. The van der Waals surface area contributed by atoms with Crippen molar-refractivity contribution in [2.75, 3.05) is 7.11 Å². The van der Waals surface area contributed by atoms with Gasteiger partial charge in [0.1, 0.15) is 17.7 Å². The largest absolute Gasteiger partial charge is 0.497 e. The second kappa shape index (κ2) is 4.97. The zero-order valence-electron chi connectivity index (χ0n) is 9.43. The van der Waals surface area contributed by atoms with Gasteiger partial charge in [0.15, 0.2) is 0 Å². The van der Waals surface area contributed by atoms with E-state index in [4.69, 9.17) is 4.74 Å². The normalized spacial score (nSPS) is 12.2. The highest BCUT2D eigenvalue weighted by molar-refractivity contribution is 5.35. The van der Waals surface area contributed by atoms with Crippen LogP contribution in [0.1, 0.15) is 17.2 Å². The second-order valence-electron chi connectivity index (χ2n) is 3.73. The fourth-order valence-electron chi connectivity index (χ4n) is 1.65. The summed E-state index contributed by atoms with van der Waals surface area (Å²) in [6.45, 7) is 0. The van der Waals surface area contributed by atoms with Crippen LogP contribution in [-0.4, -0.2) is 12.2 Å². The van der Waals surface area contributed by atoms with Crippen LogP contribution >= 0.6 is 0 Å². The quantitative estimate of drug-likeness (QED) is 0.881. The van der Waals surface area contributed by atoms with Gasteiger partial charge in [0, 0.05) is 0 Å². The van der Waals surface area contributed by atoms with E-state index in [2.05, 4.69) is 0 Å². The van der Waals surface area contributed by atoms with E-state index in [1.165, 1.54) is 12.1 Å². The van der Waals surface area contributed by atoms with Gasteiger partial charge < -0.3 is 9.84 Å². The molecular weight excluding hydrogens is 219 g/mol. The average Bonchev–Trinajstić information content (AvgIpc) is 2.39. The molecule has 0 aromatic heterocycles. The molecule has 0 spiro atoms. The van der Waals surface area contributed by atoms with Crippen LogP contribution in [0.4, 0.5) is 4.39 Å². The Morgan fingerprint density at radius 2 is 1.76 bits per heavy atom. The minimum absolute atomic E-state index is 0.313. The number of methoxy groups -OCH3 is 1. The maximum absolute atomic E-state index is 12.8. The van der Waals surface area contributed by atoms with Crippen molar-refractivity contribution >= 4 is 0 Å². The third-order valence-electron chi connectivity index (χ3n) is 2.60. The smallest absolute Gasteiger partial charge is 0.123 e. The Balaban J connectivity index is 2.29. The van der Waals surface area contributed by atoms with E-state index in [0.29, 0.717) is 11.3 Å². The molecule has 0 aliphatic rings. The van der Waals surface area contributed by atoms with Gasteiger partial charge in [-0.25, -0.2) is 4.39 Å². The van der Waals surface area contributed by atoms with Gasteiger partial charge in [-0.15, -0.1) is 0 Å². The van der Waals surface area contributed by atoms with Crippen molar-refractivity contribution in [2.45, 2.75) is 6.10 Å². The lowest BCUT2D eigenvalue weighted by Gasteiger charge is -2.12. The molecule has 0 saturated heterocycles. The van der Waals surface area contributed by atoms with E-state index in [-0.39, 0.29) is 5.82 Å². The molecule has 0 radical (unpaired) electrons. The zero-order chi connectivity index (χ0) is 12.3. The van der Waals surface area contributed by atoms with Gasteiger partial charge in [-0.2, -0.15) is 0 Å². The Morgan fingerprint density at radius 1 is 1.06 bits per heavy atom. The number of hydrogen-bond acceptors (Lipinski definition) is 2. The summed E-state index contributed by atoms with van der Waals surface area (Å²) >= 11 is 0. The van der Waals surface area contributed by atoms with Crippen LogP contribution in [0.2, 0.25) is 0 Å². The van der Waals surface area contributed by atoms with Gasteiger partial charge in [0.25, 0.3) is 0 Å². The molecule has 0 unspecified atom stereocenters. The van der Waals surface area contributed by atoms with E-state index >= 15 is 0 Å². The highest BCUT2D eigenvalue weighted by atomic mass is 19.1. The highest BCUT2D eigenvalue weighted by Gasteiger charge is 2.10. The molecule has 0 saturated carbocycles. The molecule has 0 aliphatic carbocycles. The lowest BCUT2D eigenvalue weighted by molar-refractivity contribution is 0.219. The van der Waals surface area contributed by atoms with Gasteiger partial charge in [0.05, 0.1) is 7.11 Å². The summed E-state index contributed by atoms with van der Waals surface area (Å²) < 4.78 is 17.9. The van der Waals surface area contributed by atoms with Crippen molar-refractivity contribution in [1.29, 1.82) is 0 Å². The predicted molar refractivity (Wildman–Crippen MR) is 63.5 cm³/mol. The molecule has 3 heteroatoms. The first-order valence-corrected chi connectivity index (χ1v) is 5.28. The minimum Gasteiger partial charge on any atom is -0.497 e. The van der Waals surface area contributed by atoms with Crippen LogP contribution < -0.4 is 4.74 Å². The topological polar surface area (TPSA) is 29.5 Å². The SMILES string of the molecule is COc1cccc([C@@H](O)c2ccc(F)cc2)c1. The number of aliphatic hydroxyl groups is 1. The minimum atomic E-state index is -0.773. The lowest BCUT2D eigenvalue weighted by Crippen LogP contribution is -1.99. The molecule has 0 heterocycles. The molecular formula is C14H13FO2. The number of benzene rings is 2. The van der Waals surface area contributed by atoms with Crippen molar-refractivity contribution in [3.8, 4) is 5.75 Å². The van der Waals surface area contributed by atoms with E-state index in [1.807, 2.05) is 0 Å². The summed E-state index contributed by atoms with van der Waals surface area (Å²) in [7, 11) is 1.57. The maximum Gasteiger partial charge on any atom is 0.123 e. The van der Waals surface area contributed by atoms with Gasteiger partial charge in [0.2, 0.25) is 0 Å². The van der Waals surface area contributed by atoms with Gasteiger partial charge >= 0.3 is 0 Å². The van der Waals surface area contributed by atoms with E-state index in [1.54, 1.807) is 43.5 Å². The monoisotopic (exact) mass is 232 g/mol. The van der Waals surface area contributed by atoms with Crippen LogP contribution in [0.5, 0.6) is 5.75 Å². The standard InChI is InChI=1S/C14H13FO2/c1-17-13-4-2-3-11(9-13)14(16)10-5-7-12(15)8-6-10/h2-9,14,16H,1H3/t14-/m0/s1. The van der Waals surface area contributed by atoms with E-state index < -0.39 is 6.10 Å². The van der Waals surface area contributed by atoms with Crippen molar-refractivity contribution in [2.24, 2.45) is 0 Å². The van der Waals surface area contributed by atoms with E-state index in [0.717, 1.165) is 5.56 Å². The van der Waals surface area contributed by atoms with Crippen LogP contribution in [0.15, 0.2) is 48.5 Å². The molecule has 1 N–H and O–H groups in total. The Bertz CT molecular complexity index is 494. The van der Waals surface area contributed by atoms with Crippen LogP contribution in [0.25, 0.3) is 0 Å². The highest BCUT2D eigenvalue weighted by Crippen LogP contribution is 2.24. The number of ether oxygens (including phenoxy) is 1. The summed E-state index contributed by atoms with van der Waals surface area (Å²) in [6, 6.07) is 13.0. The molecule has 0 amide bonds. The Morgan fingerprint density at radius 3 is 2.41 bits per heavy atom. The van der Waals surface area contributed by atoms with Gasteiger partial charge in [-0.05, 0) is 35.4 Å². The Hall–Kier alpha value is -1.87. The molecule has 0 fully saturated rings. The molecule has 88 valence electrons. The molecule has 2 aromatic rings. The zero-order valence-corrected chi connectivity index (χ0v) is 9.43. The first-order valence-electron chi connectivity index (χ1n) is 5.28. The predicted octanol–water partition coefficient (Wildman–Crippen LogP) is 2.92. The van der Waals surface area contributed by atoms with Crippen molar-refractivity contribution in [3.63, 3.8) is 0 Å². The fourth-order valence-corrected chi connectivity index (χ4v) is 1.65. The number of aliphatic hydroxyl groups excluding tert-OH is 1. The fraction of sp³-hybridized carbons (Fsp3) is 0.143. The molecule has 1 atom stereocenters. The van der Waals surface area contributed by atoms with Crippen molar-refractivity contribution in [1.82, 2.24) is 0 Å². The van der Waals surface area contributed by atoms with Crippen molar-refractivity contribution in [3.05, 3.63) is 65.5 Å². The molecule has 2 aromatic carbocycles. The van der Waals surface area contributed by atoms with Crippen molar-refractivity contribution < 1.29 is 14.2 Å². The van der Waals surface area contributed by atoms with Crippen LogP contribution in [0, 0.1) is 5.82 Å². The number of halogens is 1. The molecule has 0 bridgehead atoms. The maximum atomic E-state index is 12.8. The lowest BCUT2D eigenvalue weighted by atomic mass is 10.0. The second-order valence-corrected chi connectivity index (χ2v) is 3.73. The molecule has 2 rings (SSSR count). The summed E-state index contributed by atoms with van der Waals surface area (Å²) in [5, 5.41) is 10.1. The van der Waals surface area contributed by atoms with Crippen LogP contribution in [0.3, 0.4) is 0 Å². The summed E-state index contributed by atoms with van der Waals surface area (Å²) in [6.07, 6.45) is -0.773. The summed E-state index contributed by atoms with van der Waals surface area (Å²) in [4.78, 5) is 0. The van der Waals surface area contributed by atoms with E-state index in [9.17, 15) is 9.50 Å². The number of rotatable bonds is 3.